The first-order chi connectivity index (χ1) is 34.0. The Balaban J connectivity index is 1.19. The van der Waals surface area contributed by atoms with Gasteiger partial charge in [0.2, 0.25) is 0 Å². The topological polar surface area (TPSA) is 6.48 Å². The maximum atomic E-state index is 2.77. The van der Waals surface area contributed by atoms with Crippen LogP contribution in [0.25, 0.3) is 48.8 Å². The van der Waals surface area contributed by atoms with Crippen LogP contribution in [0.1, 0.15) is 147 Å². The predicted octanol–water partition coefficient (Wildman–Crippen LogP) is 18.8. The molecule has 0 radical (unpaired) electrons. The summed E-state index contributed by atoms with van der Waals surface area (Å²) in [7, 11) is 0. The van der Waals surface area contributed by atoms with Crippen LogP contribution in [0.4, 0.5) is 22.7 Å². The Morgan fingerprint density at radius 2 is 1.13 bits per heavy atom. The first-order valence-corrected chi connectivity index (χ1v) is 27.1. The number of anilines is 4. The summed E-state index contributed by atoms with van der Waals surface area (Å²) in [6.07, 6.45) is 22.6. The molecule has 0 aliphatic heterocycles. The Bertz CT molecular complexity index is 3370. The van der Waals surface area contributed by atoms with Gasteiger partial charge in [-0.2, -0.15) is 0 Å². The van der Waals surface area contributed by atoms with Gasteiger partial charge < -0.3 is 9.80 Å². The third-order valence-electron chi connectivity index (χ3n) is 17.3. The van der Waals surface area contributed by atoms with Gasteiger partial charge in [-0.3, -0.25) is 0 Å². The maximum Gasteiger partial charge on any atom is 0.0560 e. The maximum absolute atomic E-state index is 2.77. The highest BCUT2D eigenvalue weighted by Crippen LogP contribution is 2.52. The Hall–Kier alpha value is -6.12. The van der Waals surface area contributed by atoms with E-state index < -0.39 is 0 Å². The molecule has 354 valence electrons. The van der Waals surface area contributed by atoms with Crippen molar-refractivity contribution in [1.29, 1.82) is 0 Å². The van der Waals surface area contributed by atoms with Crippen LogP contribution in [0.2, 0.25) is 0 Å². The number of allylic oxidation sites excluding steroid dienone is 2. The molecule has 4 aliphatic carbocycles. The monoisotopic (exact) mass is 917 g/mol. The van der Waals surface area contributed by atoms with Crippen LogP contribution in [-0.2, 0) is 5.41 Å². The Kier molecular flexibility index (Phi) is 11.5. The van der Waals surface area contributed by atoms with E-state index in [1.807, 2.05) is 0 Å². The fraction of sp³-hybridized carbons (Fsp3) is 0.353. The zero-order valence-corrected chi connectivity index (χ0v) is 42.7. The van der Waals surface area contributed by atoms with Crippen molar-refractivity contribution in [1.82, 2.24) is 0 Å². The minimum Gasteiger partial charge on any atom is -0.333 e. The van der Waals surface area contributed by atoms with E-state index in [0.29, 0.717) is 17.8 Å². The Labute approximate surface area is 417 Å². The highest BCUT2D eigenvalue weighted by atomic mass is 15.2. The molecule has 0 spiro atoms. The lowest BCUT2D eigenvalue weighted by atomic mass is 9.70. The lowest BCUT2D eigenvalue weighted by Gasteiger charge is -2.40. The van der Waals surface area contributed by atoms with Crippen LogP contribution in [-0.4, -0.2) is 6.04 Å². The quantitative estimate of drug-likeness (QED) is 0.150. The Morgan fingerprint density at radius 1 is 0.500 bits per heavy atom. The molecule has 2 heteroatoms. The van der Waals surface area contributed by atoms with E-state index >= 15 is 0 Å². The van der Waals surface area contributed by atoms with Gasteiger partial charge in [0.25, 0.3) is 0 Å². The van der Waals surface area contributed by atoms with Crippen molar-refractivity contribution in [2.45, 2.75) is 142 Å². The minimum atomic E-state index is 0.0637. The van der Waals surface area contributed by atoms with Gasteiger partial charge in [-0.05, 0) is 147 Å². The van der Waals surface area contributed by atoms with Gasteiger partial charge in [-0.15, -0.1) is 0 Å². The molecule has 0 heterocycles. The van der Waals surface area contributed by atoms with Gasteiger partial charge in [0.1, 0.15) is 0 Å². The summed E-state index contributed by atoms with van der Waals surface area (Å²) in [5.74, 6) is 1.62. The van der Waals surface area contributed by atoms with E-state index in [2.05, 4.69) is 209 Å². The number of hydrogen-bond donors (Lipinski definition) is 0. The summed E-state index contributed by atoms with van der Waals surface area (Å²) in [6.45, 7) is 14.1. The molecule has 0 N–H and O–H groups in total. The molecule has 8 aromatic carbocycles. The fourth-order valence-electron chi connectivity index (χ4n) is 13.6. The number of hydrogen-bond acceptors (Lipinski definition) is 2. The number of nitrogens with zero attached hydrogens (tertiary/aromatic N) is 2. The summed E-state index contributed by atoms with van der Waals surface area (Å²) in [6, 6.07) is 54.9. The second-order valence-corrected chi connectivity index (χ2v) is 23.7. The second-order valence-electron chi connectivity index (χ2n) is 23.7. The first kappa shape index (κ1) is 45.0. The van der Waals surface area contributed by atoms with E-state index in [9.17, 15) is 0 Å². The smallest absolute Gasteiger partial charge is 0.0560 e. The normalized spacial score (nSPS) is 19.3. The third-order valence-corrected chi connectivity index (χ3v) is 17.3. The molecule has 2 atom stereocenters. The number of fused-ring (bicyclic) bond motifs is 2. The lowest BCUT2D eigenvalue weighted by Crippen LogP contribution is -2.32. The van der Waals surface area contributed by atoms with Gasteiger partial charge in [0, 0.05) is 44.1 Å². The van der Waals surface area contributed by atoms with Crippen molar-refractivity contribution in [2.75, 3.05) is 9.80 Å². The largest absolute Gasteiger partial charge is 0.333 e. The van der Waals surface area contributed by atoms with Gasteiger partial charge in [-0.1, -0.05) is 207 Å². The fourth-order valence-corrected chi connectivity index (χ4v) is 13.6. The van der Waals surface area contributed by atoms with Crippen molar-refractivity contribution in [3.05, 3.63) is 185 Å². The van der Waals surface area contributed by atoms with E-state index in [-0.39, 0.29) is 16.9 Å². The summed E-state index contributed by atoms with van der Waals surface area (Å²) in [5.41, 5.74) is 12.7. The van der Waals surface area contributed by atoms with E-state index in [0.717, 1.165) is 12.8 Å². The van der Waals surface area contributed by atoms with Crippen LogP contribution in [0.15, 0.2) is 163 Å². The predicted molar refractivity (Wildman–Crippen MR) is 302 cm³/mol. The molecule has 0 saturated heterocycles. The van der Waals surface area contributed by atoms with Gasteiger partial charge in [-0.25, -0.2) is 0 Å². The Morgan fingerprint density at radius 3 is 1.79 bits per heavy atom. The number of rotatable bonds is 8. The second kappa shape index (κ2) is 17.9. The standard InChI is InChI=1S/C68H72N2/c1-67(2,3)49-31-35-51(36-32-49)69(61-29-17-25-45-23-13-15-27-53(45)61)63-43-59(47-19-9-7-10-20-47)55-40-42-58-64(44-60(48-21-11-8-12-22-48)56-39-41-57(63)65(55)66(56)58)70(52-37-33-50(34-38-52)68(4,5)6)62-30-18-26-46-24-14-16-28-54(46)62/h13-18,23-37,39-42,44,47-48,52,59H,7-12,19-22,38,43H2,1-6H3. The molecule has 2 nitrogen and oxygen atoms in total. The van der Waals surface area contributed by atoms with E-state index in [1.54, 1.807) is 11.1 Å². The van der Waals surface area contributed by atoms with Crippen LogP contribution >= 0.6 is 0 Å². The molecule has 12 rings (SSSR count). The SMILES string of the molecule is CC(C)(C)C1=CCC(N(c2cccc3ccccc23)c2cc(C3CCCCC3)c3ccc4c5c(ccc2c35)C(C2CCCCC2)CC=4N(c2ccc(C(C)(C)C)cc2)c2cccc3ccccc23)C=C1. The molecule has 2 saturated carbocycles. The van der Waals surface area contributed by atoms with Crippen LogP contribution < -0.4 is 15.0 Å². The summed E-state index contributed by atoms with van der Waals surface area (Å²) in [5, 5.41) is 12.5. The molecular formula is C68H72N2. The zero-order chi connectivity index (χ0) is 47.7. The van der Waals surface area contributed by atoms with Gasteiger partial charge in [0.15, 0.2) is 0 Å². The van der Waals surface area contributed by atoms with Crippen LogP contribution in [0.5, 0.6) is 0 Å². The molecule has 0 aromatic heterocycles. The van der Waals surface area contributed by atoms with Crippen molar-refractivity contribution in [3.8, 4) is 0 Å². The summed E-state index contributed by atoms with van der Waals surface area (Å²) >= 11 is 0. The molecule has 70 heavy (non-hydrogen) atoms. The lowest BCUT2D eigenvalue weighted by molar-refractivity contribution is 0.306. The highest BCUT2D eigenvalue weighted by molar-refractivity contribution is 6.19. The van der Waals surface area contributed by atoms with Crippen molar-refractivity contribution < 1.29 is 0 Å². The minimum absolute atomic E-state index is 0.0637. The molecule has 0 amide bonds. The molecule has 2 unspecified atom stereocenters. The van der Waals surface area contributed by atoms with E-state index in [1.165, 1.54) is 152 Å². The molecular weight excluding hydrogens is 845 g/mol. The van der Waals surface area contributed by atoms with Crippen molar-refractivity contribution in [3.63, 3.8) is 0 Å². The van der Waals surface area contributed by atoms with Crippen LogP contribution in [0, 0.1) is 11.3 Å². The van der Waals surface area contributed by atoms with Crippen molar-refractivity contribution in [2.24, 2.45) is 11.3 Å². The van der Waals surface area contributed by atoms with Gasteiger partial charge >= 0.3 is 0 Å². The first-order valence-electron chi connectivity index (χ1n) is 27.1. The summed E-state index contributed by atoms with van der Waals surface area (Å²) in [4.78, 5) is 5.48. The van der Waals surface area contributed by atoms with Crippen LogP contribution in [0.3, 0.4) is 0 Å². The average molecular weight is 917 g/mol. The highest BCUT2D eigenvalue weighted by Gasteiger charge is 2.36. The molecule has 2 fully saturated rings. The van der Waals surface area contributed by atoms with Gasteiger partial charge in [0.05, 0.1) is 11.7 Å². The number of benzene rings is 8. The summed E-state index contributed by atoms with van der Waals surface area (Å²) < 4.78 is 0. The molecule has 8 aromatic rings. The average Bonchev–Trinajstić information content (AvgIpc) is 3.39. The van der Waals surface area contributed by atoms with E-state index in [4.69, 9.17) is 0 Å². The zero-order valence-electron chi connectivity index (χ0n) is 42.7. The third kappa shape index (κ3) is 7.95. The van der Waals surface area contributed by atoms with Crippen molar-refractivity contribution >= 4 is 71.5 Å². The molecule has 4 aliphatic rings. The molecule has 0 bridgehead atoms.